The summed E-state index contributed by atoms with van der Waals surface area (Å²) < 4.78 is 0. The number of anilines is 1. The summed E-state index contributed by atoms with van der Waals surface area (Å²) in [6.07, 6.45) is 3.40. The molecule has 0 radical (unpaired) electrons. The molecule has 3 heterocycles. The van der Waals surface area contributed by atoms with Crippen molar-refractivity contribution in [2.24, 2.45) is 5.73 Å². The SMILES string of the molecule is CC(NCCc1cccs1)c1ncccc1N1CCN(C(=O)[C@@H](Cc2ccc(Cl)cc2)NC(=O)CCN)CC1. The molecule has 208 valence electrons. The molecule has 2 aromatic heterocycles. The number of piperazine rings is 1. The molecular formula is C29H37ClN6O2S. The minimum absolute atomic E-state index is 0.0787. The first-order chi connectivity index (χ1) is 18.9. The largest absolute Gasteiger partial charge is 0.366 e. The molecule has 0 bridgehead atoms. The van der Waals surface area contributed by atoms with E-state index in [1.165, 1.54) is 4.88 Å². The number of amides is 2. The van der Waals surface area contributed by atoms with E-state index in [0.29, 0.717) is 37.6 Å². The van der Waals surface area contributed by atoms with E-state index in [2.05, 4.69) is 46.0 Å². The van der Waals surface area contributed by atoms with Gasteiger partial charge in [0.05, 0.1) is 11.4 Å². The highest BCUT2D eigenvalue weighted by atomic mass is 35.5. The average molecular weight is 569 g/mol. The van der Waals surface area contributed by atoms with Crippen LogP contribution < -0.4 is 21.3 Å². The Bertz CT molecular complexity index is 1200. The minimum Gasteiger partial charge on any atom is -0.366 e. The maximum atomic E-state index is 13.6. The number of nitrogens with one attached hydrogen (secondary N) is 2. The highest BCUT2D eigenvalue weighted by Crippen LogP contribution is 2.26. The van der Waals surface area contributed by atoms with Crippen LogP contribution >= 0.6 is 22.9 Å². The summed E-state index contributed by atoms with van der Waals surface area (Å²) in [5.74, 6) is -0.297. The molecule has 3 aromatic rings. The molecule has 1 unspecified atom stereocenters. The molecule has 0 saturated carbocycles. The molecular weight excluding hydrogens is 532 g/mol. The number of nitrogens with zero attached hydrogens (tertiary/aromatic N) is 3. The molecule has 39 heavy (non-hydrogen) atoms. The highest BCUT2D eigenvalue weighted by molar-refractivity contribution is 7.09. The van der Waals surface area contributed by atoms with Gasteiger partial charge in [0.2, 0.25) is 11.8 Å². The fraction of sp³-hybridized carbons (Fsp3) is 0.414. The van der Waals surface area contributed by atoms with Crippen molar-refractivity contribution in [3.63, 3.8) is 0 Å². The third-order valence-corrected chi connectivity index (χ3v) is 8.11. The number of benzene rings is 1. The highest BCUT2D eigenvalue weighted by Gasteiger charge is 2.30. The van der Waals surface area contributed by atoms with Crippen LogP contribution in [0.15, 0.2) is 60.1 Å². The fourth-order valence-corrected chi connectivity index (χ4v) is 5.65. The van der Waals surface area contributed by atoms with Crippen molar-refractivity contribution in [2.45, 2.75) is 38.3 Å². The summed E-state index contributed by atoms with van der Waals surface area (Å²) >= 11 is 7.80. The van der Waals surface area contributed by atoms with Gasteiger partial charge in [0.15, 0.2) is 0 Å². The molecule has 8 nitrogen and oxygen atoms in total. The van der Waals surface area contributed by atoms with Gasteiger partial charge in [-0.2, -0.15) is 0 Å². The Balaban J connectivity index is 1.37. The van der Waals surface area contributed by atoms with Gasteiger partial charge in [-0.25, -0.2) is 0 Å². The summed E-state index contributed by atoms with van der Waals surface area (Å²) in [7, 11) is 0. The van der Waals surface area contributed by atoms with Gasteiger partial charge in [0, 0.05) is 74.2 Å². The van der Waals surface area contributed by atoms with E-state index >= 15 is 0 Å². The summed E-state index contributed by atoms with van der Waals surface area (Å²) in [5.41, 5.74) is 8.60. The zero-order valence-corrected chi connectivity index (χ0v) is 23.9. The minimum atomic E-state index is -0.654. The zero-order valence-electron chi connectivity index (χ0n) is 22.3. The van der Waals surface area contributed by atoms with Gasteiger partial charge in [0.1, 0.15) is 6.04 Å². The standard InChI is InChI=1S/C29H37ClN6O2S/c1-21(32-14-11-24-4-3-19-39-24)28-26(5-2-13-33-28)35-15-17-36(18-16-35)29(38)25(34-27(37)10-12-31)20-22-6-8-23(30)9-7-22/h2-9,13,19,21,25,32H,10-12,14-18,20,31H2,1H3,(H,34,37)/t21?,25-/m1/s1. The predicted octanol–water partition coefficient (Wildman–Crippen LogP) is 3.41. The van der Waals surface area contributed by atoms with Crippen molar-refractivity contribution in [2.75, 3.05) is 44.2 Å². The van der Waals surface area contributed by atoms with Crippen molar-refractivity contribution in [3.8, 4) is 0 Å². The van der Waals surface area contributed by atoms with Crippen LogP contribution in [0.2, 0.25) is 5.02 Å². The van der Waals surface area contributed by atoms with Crippen LogP contribution in [0.25, 0.3) is 0 Å². The molecule has 1 saturated heterocycles. The number of hydrogen-bond acceptors (Lipinski definition) is 7. The Morgan fingerprint density at radius 3 is 2.56 bits per heavy atom. The Kier molecular flexibility index (Phi) is 10.7. The Morgan fingerprint density at radius 1 is 1.10 bits per heavy atom. The van der Waals surface area contributed by atoms with Crippen LogP contribution in [0.3, 0.4) is 0 Å². The summed E-state index contributed by atoms with van der Waals surface area (Å²) in [5, 5.41) is 9.25. The van der Waals surface area contributed by atoms with Crippen LogP contribution in [-0.2, 0) is 22.4 Å². The third kappa shape index (κ3) is 8.25. The molecule has 4 rings (SSSR count). The van der Waals surface area contributed by atoms with Crippen LogP contribution in [0, 0.1) is 0 Å². The van der Waals surface area contributed by atoms with Crippen LogP contribution in [0.1, 0.15) is 35.5 Å². The normalized spacial score (nSPS) is 15.2. The first-order valence-electron chi connectivity index (χ1n) is 13.4. The van der Waals surface area contributed by atoms with Gasteiger partial charge in [-0.3, -0.25) is 14.6 Å². The smallest absolute Gasteiger partial charge is 0.245 e. The van der Waals surface area contributed by atoms with Gasteiger partial charge < -0.3 is 26.2 Å². The molecule has 1 fully saturated rings. The quantitative estimate of drug-likeness (QED) is 0.309. The number of carbonyl (C=O) groups excluding carboxylic acids is 2. The lowest BCUT2D eigenvalue weighted by Gasteiger charge is -2.38. The Hall–Kier alpha value is -2.98. The number of hydrogen-bond donors (Lipinski definition) is 3. The molecule has 4 N–H and O–H groups in total. The predicted molar refractivity (Wildman–Crippen MR) is 158 cm³/mol. The second kappa shape index (κ2) is 14.4. The number of pyridine rings is 1. The van der Waals surface area contributed by atoms with E-state index in [9.17, 15) is 9.59 Å². The molecule has 0 spiro atoms. The van der Waals surface area contributed by atoms with E-state index < -0.39 is 6.04 Å². The van der Waals surface area contributed by atoms with Gasteiger partial charge in [0.25, 0.3) is 0 Å². The molecule has 1 aliphatic heterocycles. The molecule has 0 aliphatic carbocycles. The lowest BCUT2D eigenvalue weighted by Crippen LogP contribution is -2.56. The maximum Gasteiger partial charge on any atom is 0.245 e. The number of halogens is 1. The Labute approximate surface area is 239 Å². The molecule has 2 atom stereocenters. The number of nitrogens with two attached hydrogens (primary N) is 1. The first-order valence-corrected chi connectivity index (χ1v) is 14.7. The summed E-state index contributed by atoms with van der Waals surface area (Å²) in [4.78, 5) is 36.1. The maximum absolute atomic E-state index is 13.6. The second-order valence-corrected chi connectivity index (χ2v) is 11.2. The van der Waals surface area contributed by atoms with E-state index in [1.807, 2.05) is 29.3 Å². The molecule has 1 aromatic carbocycles. The third-order valence-electron chi connectivity index (χ3n) is 6.92. The van der Waals surface area contributed by atoms with Gasteiger partial charge in [-0.05, 0) is 54.6 Å². The topological polar surface area (TPSA) is 104 Å². The van der Waals surface area contributed by atoms with E-state index in [1.54, 1.807) is 23.5 Å². The van der Waals surface area contributed by atoms with Gasteiger partial charge in [-0.15, -0.1) is 11.3 Å². The monoisotopic (exact) mass is 568 g/mol. The van der Waals surface area contributed by atoms with Gasteiger partial charge >= 0.3 is 0 Å². The van der Waals surface area contributed by atoms with Crippen LogP contribution in [-0.4, -0.2) is 67.0 Å². The lowest BCUT2D eigenvalue weighted by molar-refractivity contribution is -0.136. The van der Waals surface area contributed by atoms with Crippen molar-refractivity contribution >= 4 is 40.4 Å². The van der Waals surface area contributed by atoms with Crippen LogP contribution in [0.5, 0.6) is 0 Å². The van der Waals surface area contributed by atoms with Gasteiger partial charge in [-0.1, -0.05) is 29.8 Å². The van der Waals surface area contributed by atoms with Crippen molar-refractivity contribution < 1.29 is 9.59 Å². The van der Waals surface area contributed by atoms with Crippen LogP contribution in [0.4, 0.5) is 5.69 Å². The van der Waals surface area contributed by atoms with Crippen molar-refractivity contribution in [1.82, 2.24) is 20.5 Å². The van der Waals surface area contributed by atoms with Crippen molar-refractivity contribution in [3.05, 3.63) is 81.3 Å². The number of carbonyl (C=O) groups is 2. The number of thiophene rings is 1. The molecule has 10 heteroatoms. The zero-order chi connectivity index (χ0) is 27.6. The number of aromatic nitrogens is 1. The lowest BCUT2D eigenvalue weighted by atomic mass is 10.0. The molecule has 2 amide bonds. The van der Waals surface area contributed by atoms with Crippen molar-refractivity contribution in [1.29, 1.82) is 0 Å². The fourth-order valence-electron chi connectivity index (χ4n) is 4.82. The first kappa shape index (κ1) is 29.0. The molecule has 1 aliphatic rings. The van der Waals surface area contributed by atoms with E-state index in [0.717, 1.165) is 29.9 Å². The van der Waals surface area contributed by atoms with E-state index in [-0.39, 0.29) is 30.8 Å². The second-order valence-electron chi connectivity index (χ2n) is 9.71. The summed E-state index contributed by atoms with van der Waals surface area (Å²) in [6.45, 7) is 5.78. The average Bonchev–Trinajstić information content (AvgIpc) is 3.47. The summed E-state index contributed by atoms with van der Waals surface area (Å²) in [6, 6.07) is 15.1. The Morgan fingerprint density at radius 2 is 1.87 bits per heavy atom. The number of rotatable bonds is 12. The van der Waals surface area contributed by atoms with E-state index in [4.69, 9.17) is 22.3 Å².